The summed E-state index contributed by atoms with van der Waals surface area (Å²) in [4.78, 5) is 14.5. The Morgan fingerprint density at radius 2 is 2.11 bits per heavy atom. The summed E-state index contributed by atoms with van der Waals surface area (Å²) in [5, 5.41) is 0.544. The average molecular weight is 282 g/mol. The number of benzene rings is 1. The van der Waals surface area contributed by atoms with E-state index >= 15 is 0 Å². The monoisotopic (exact) mass is 281 g/mol. The average Bonchev–Trinajstić information content (AvgIpc) is 3.23. The van der Waals surface area contributed by atoms with E-state index in [4.69, 9.17) is 16.3 Å². The molecule has 1 aliphatic rings. The number of carbonyl (C=O) groups excluding carboxylic acids is 1. The molecule has 0 radical (unpaired) electrons. The summed E-state index contributed by atoms with van der Waals surface area (Å²) < 4.78 is 5.11. The van der Waals surface area contributed by atoms with E-state index in [-0.39, 0.29) is 5.78 Å². The predicted molar refractivity (Wildman–Crippen MR) is 76.9 cm³/mol. The molecule has 104 valence electrons. The van der Waals surface area contributed by atoms with Crippen molar-refractivity contribution in [1.82, 2.24) is 4.90 Å². The van der Waals surface area contributed by atoms with Crippen LogP contribution in [0.5, 0.6) is 0 Å². The third-order valence-electron chi connectivity index (χ3n) is 3.45. The third kappa shape index (κ3) is 4.30. The summed E-state index contributed by atoms with van der Waals surface area (Å²) in [5.74, 6) is 0.119. The van der Waals surface area contributed by atoms with E-state index in [0.29, 0.717) is 23.0 Å². The van der Waals surface area contributed by atoms with Crippen molar-refractivity contribution in [1.29, 1.82) is 0 Å². The topological polar surface area (TPSA) is 29.5 Å². The molecule has 19 heavy (non-hydrogen) atoms. The molecule has 0 bridgehead atoms. The highest BCUT2D eigenvalue weighted by Crippen LogP contribution is 2.27. The van der Waals surface area contributed by atoms with E-state index in [9.17, 15) is 4.79 Å². The molecule has 3 nitrogen and oxygen atoms in total. The molecule has 0 amide bonds. The van der Waals surface area contributed by atoms with Gasteiger partial charge in [-0.1, -0.05) is 23.7 Å². The maximum absolute atomic E-state index is 12.1. The van der Waals surface area contributed by atoms with Gasteiger partial charge < -0.3 is 4.74 Å². The number of hydrogen-bond acceptors (Lipinski definition) is 3. The maximum Gasteiger partial charge on any atom is 0.165 e. The predicted octanol–water partition coefficient (Wildman–Crippen LogP) is 3.02. The van der Waals surface area contributed by atoms with E-state index in [2.05, 4.69) is 4.90 Å². The first-order valence-electron chi connectivity index (χ1n) is 6.73. The molecule has 4 heteroatoms. The van der Waals surface area contributed by atoms with E-state index in [1.165, 1.54) is 12.8 Å². The number of nitrogens with zero attached hydrogens (tertiary/aromatic N) is 1. The van der Waals surface area contributed by atoms with Gasteiger partial charge in [0.1, 0.15) is 0 Å². The molecule has 0 saturated heterocycles. The van der Waals surface area contributed by atoms with E-state index in [1.807, 2.05) is 12.1 Å². The van der Waals surface area contributed by atoms with Crippen LogP contribution in [0.2, 0.25) is 5.02 Å². The zero-order valence-corrected chi connectivity index (χ0v) is 12.0. The standard InChI is InChI=1S/C15H20ClNO2/c1-19-11-10-17(12-6-7-12)9-8-15(18)13-4-2-3-5-14(13)16/h2-5,12H,6-11H2,1H3. The lowest BCUT2D eigenvalue weighted by molar-refractivity contribution is 0.0945. The second kappa shape index (κ2) is 7.04. The first-order chi connectivity index (χ1) is 9.22. The lowest BCUT2D eigenvalue weighted by atomic mass is 10.1. The number of Topliss-reactive ketones (excluding diaryl/α,β-unsaturated/α-hetero) is 1. The normalized spacial score (nSPS) is 14.9. The van der Waals surface area contributed by atoms with Crippen LogP contribution in [0.15, 0.2) is 24.3 Å². The van der Waals surface area contributed by atoms with Crippen molar-refractivity contribution in [2.24, 2.45) is 0 Å². The molecule has 0 heterocycles. The molecule has 1 fully saturated rings. The van der Waals surface area contributed by atoms with Crippen molar-refractivity contribution in [3.8, 4) is 0 Å². The summed E-state index contributed by atoms with van der Waals surface area (Å²) >= 11 is 6.04. The zero-order valence-electron chi connectivity index (χ0n) is 11.3. The quantitative estimate of drug-likeness (QED) is 0.686. The number of halogens is 1. The minimum absolute atomic E-state index is 0.119. The van der Waals surface area contributed by atoms with Gasteiger partial charge in [0.15, 0.2) is 5.78 Å². The first kappa shape index (κ1) is 14.5. The second-order valence-corrected chi connectivity index (χ2v) is 5.32. The molecular weight excluding hydrogens is 262 g/mol. The van der Waals surface area contributed by atoms with Crippen molar-refractivity contribution < 1.29 is 9.53 Å². The molecule has 1 aromatic rings. The van der Waals surface area contributed by atoms with Gasteiger partial charge in [0.05, 0.1) is 11.6 Å². The van der Waals surface area contributed by atoms with Crippen molar-refractivity contribution in [2.75, 3.05) is 26.8 Å². The van der Waals surface area contributed by atoms with Crippen LogP contribution in [0.3, 0.4) is 0 Å². The number of hydrogen-bond donors (Lipinski definition) is 0. The Bertz CT molecular complexity index is 432. The summed E-state index contributed by atoms with van der Waals surface area (Å²) in [7, 11) is 1.71. The van der Waals surface area contributed by atoms with Gasteiger partial charge in [0.2, 0.25) is 0 Å². The summed E-state index contributed by atoms with van der Waals surface area (Å²) in [6, 6.07) is 7.89. The van der Waals surface area contributed by atoms with Gasteiger partial charge in [0, 0.05) is 38.2 Å². The highest BCUT2D eigenvalue weighted by atomic mass is 35.5. The van der Waals surface area contributed by atoms with Gasteiger partial charge >= 0.3 is 0 Å². The first-order valence-corrected chi connectivity index (χ1v) is 7.11. The van der Waals surface area contributed by atoms with Crippen LogP contribution in [-0.4, -0.2) is 43.5 Å². The molecule has 0 spiro atoms. The van der Waals surface area contributed by atoms with Crippen LogP contribution in [0, 0.1) is 0 Å². The molecule has 0 N–H and O–H groups in total. The molecule has 1 aromatic carbocycles. The molecule has 0 aromatic heterocycles. The fourth-order valence-electron chi connectivity index (χ4n) is 2.19. The van der Waals surface area contributed by atoms with Crippen LogP contribution in [0.1, 0.15) is 29.6 Å². The lowest BCUT2D eigenvalue weighted by Crippen LogP contribution is -2.31. The number of ketones is 1. The molecule has 0 aliphatic heterocycles. The highest BCUT2D eigenvalue weighted by molar-refractivity contribution is 6.33. The largest absolute Gasteiger partial charge is 0.383 e. The summed E-state index contributed by atoms with van der Waals surface area (Å²) in [6.45, 7) is 2.41. The molecular formula is C15H20ClNO2. The number of carbonyl (C=O) groups is 1. The molecule has 0 unspecified atom stereocenters. The van der Waals surface area contributed by atoms with Crippen molar-refractivity contribution in [3.05, 3.63) is 34.9 Å². The van der Waals surface area contributed by atoms with Gasteiger partial charge in [0.25, 0.3) is 0 Å². The maximum atomic E-state index is 12.1. The Morgan fingerprint density at radius 1 is 1.37 bits per heavy atom. The Balaban J connectivity index is 1.86. The van der Waals surface area contributed by atoms with E-state index < -0.39 is 0 Å². The fourth-order valence-corrected chi connectivity index (χ4v) is 2.43. The minimum atomic E-state index is 0.119. The van der Waals surface area contributed by atoms with Gasteiger partial charge in [-0.3, -0.25) is 9.69 Å². The van der Waals surface area contributed by atoms with Crippen LogP contribution < -0.4 is 0 Å². The Hall–Kier alpha value is -0.900. The highest BCUT2D eigenvalue weighted by Gasteiger charge is 2.28. The molecule has 0 atom stereocenters. The van der Waals surface area contributed by atoms with Gasteiger partial charge in [-0.25, -0.2) is 0 Å². The number of rotatable bonds is 8. The molecule has 2 rings (SSSR count). The van der Waals surface area contributed by atoms with Gasteiger partial charge in [-0.15, -0.1) is 0 Å². The minimum Gasteiger partial charge on any atom is -0.383 e. The van der Waals surface area contributed by atoms with Crippen molar-refractivity contribution >= 4 is 17.4 Å². The SMILES string of the molecule is COCCN(CCC(=O)c1ccccc1Cl)C1CC1. The van der Waals surface area contributed by atoms with E-state index in [0.717, 1.165) is 19.7 Å². The fraction of sp³-hybridized carbons (Fsp3) is 0.533. The van der Waals surface area contributed by atoms with E-state index in [1.54, 1.807) is 19.2 Å². The van der Waals surface area contributed by atoms with Crippen molar-refractivity contribution in [2.45, 2.75) is 25.3 Å². The van der Waals surface area contributed by atoms with Gasteiger partial charge in [-0.2, -0.15) is 0 Å². The Kier molecular flexibility index (Phi) is 5.37. The van der Waals surface area contributed by atoms with Gasteiger partial charge in [-0.05, 0) is 25.0 Å². The lowest BCUT2D eigenvalue weighted by Gasteiger charge is -2.21. The second-order valence-electron chi connectivity index (χ2n) is 4.91. The Morgan fingerprint density at radius 3 is 2.74 bits per heavy atom. The molecule has 1 saturated carbocycles. The summed E-state index contributed by atoms with van der Waals surface area (Å²) in [6.07, 6.45) is 3.00. The van der Waals surface area contributed by atoms with Crippen LogP contribution in [0.4, 0.5) is 0 Å². The smallest absolute Gasteiger partial charge is 0.165 e. The number of methoxy groups -OCH3 is 1. The Labute approximate surface area is 119 Å². The van der Waals surface area contributed by atoms with Crippen LogP contribution in [-0.2, 0) is 4.74 Å². The number of ether oxygens (including phenoxy) is 1. The third-order valence-corrected chi connectivity index (χ3v) is 3.78. The molecule has 1 aliphatic carbocycles. The van der Waals surface area contributed by atoms with Crippen molar-refractivity contribution in [3.63, 3.8) is 0 Å². The zero-order chi connectivity index (χ0) is 13.7. The summed E-state index contributed by atoms with van der Waals surface area (Å²) in [5.41, 5.74) is 0.631. The van der Waals surface area contributed by atoms with Crippen LogP contribution >= 0.6 is 11.6 Å². The van der Waals surface area contributed by atoms with Crippen LogP contribution in [0.25, 0.3) is 0 Å².